The van der Waals surface area contributed by atoms with Gasteiger partial charge in [0, 0.05) is 21.8 Å². The predicted molar refractivity (Wildman–Crippen MR) is 90.7 cm³/mol. The molecule has 1 aliphatic carbocycles. The Bertz CT molecular complexity index is 690. The number of hydrogen-bond acceptors (Lipinski definition) is 5. The van der Waals surface area contributed by atoms with E-state index in [1.807, 2.05) is 24.3 Å². The first kappa shape index (κ1) is 16.2. The van der Waals surface area contributed by atoms with Crippen LogP contribution in [0.3, 0.4) is 0 Å². The van der Waals surface area contributed by atoms with Crippen molar-refractivity contribution in [3.8, 4) is 11.4 Å². The molecule has 0 saturated carbocycles. The molecule has 23 heavy (non-hydrogen) atoms. The van der Waals surface area contributed by atoms with E-state index in [2.05, 4.69) is 10.3 Å². The molecule has 1 aliphatic rings. The van der Waals surface area contributed by atoms with Crippen LogP contribution in [0.2, 0.25) is 5.02 Å². The maximum Gasteiger partial charge on any atom is 0.161 e. The van der Waals surface area contributed by atoms with Gasteiger partial charge in [0.05, 0.1) is 19.3 Å². The van der Waals surface area contributed by atoms with Crippen molar-refractivity contribution in [1.82, 2.24) is 9.97 Å². The topological polar surface area (TPSA) is 78.3 Å². The molecule has 3 rings (SSSR count). The van der Waals surface area contributed by atoms with Crippen molar-refractivity contribution >= 4 is 17.4 Å². The highest BCUT2D eigenvalue weighted by atomic mass is 35.5. The summed E-state index contributed by atoms with van der Waals surface area (Å²) in [7, 11) is 0. The third kappa shape index (κ3) is 3.63. The Morgan fingerprint density at radius 1 is 1.13 bits per heavy atom. The van der Waals surface area contributed by atoms with Crippen LogP contribution in [0.1, 0.15) is 24.1 Å². The summed E-state index contributed by atoms with van der Waals surface area (Å²) in [6.45, 7) is -0.302. The Balaban J connectivity index is 2.04. The van der Waals surface area contributed by atoms with Gasteiger partial charge in [0.25, 0.3) is 0 Å². The molecule has 6 heteroatoms. The molecule has 0 spiro atoms. The lowest BCUT2D eigenvalue weighted by Gasteiger charge is -2.22. The zero-order chi connectivity index (χ0) is 16.2. The molecule has 2 aromatic rings. The minimum atomic E-state index is -0.428. The second-order valence-electron chi connectivity index (χ2n) is 5.74. The van der Waals surface area contributed by atoms with Crippen LogP contribution in [0.25, 0.3) is 11.4 Å². The Morgan fingerprint density at radius 2 is 1.91 bits per heavy atom. The van der Waals surface area contributed by atoms with Gasteiger partial charge >= 0.3 is 0 Å². The summed E-state index contributed by atoms with van der Waals surface area (Å²) in [5.41, 5.74) is 2.99. The maximum absolute atomic E-state index is 9.33. The van der Waals surface area contributed by atoms with Gasteiger partial charge in [0.1, 0.15) is 5.82 Å². The highest BCUT2D eigenvalue weighted by molar-refractivity contribution is 6.30. The van der Waals surface area contributed by atoms with E-state index in [4.69, 9.17) is 16.6 Å². The molecule has 0 radical (unpaired) electrons. The number of benzene rings is 1. The molecule has 0 aliphatic heterocycles. The van der Waals surface area contributed by atoms with Crippen LogP contribution in [-0.2, 0) is 12.8 Å². The summed E-state index contributed by atoms with van der Waals surface area (Å²) < 4.78 is 0. The van der Waals surface area contributed by atoms with E-state index in [9.17, 15) is 10.2 Å². The highest BCUT2D eigenvalue weighted by Gasteiger charge is 2.20. The molecular formula is C17H20ClN3O2. The van der Waals surface area contributed by atoms with Crippen LogP contribution in [0.15, 0.2) is 24.3 Å². The molecule has 0 saturated heterocycles. The minimum Gasteiger partial charge on any atom is -0.394 e. The Labute approximate surface area is 140 Å². The van der Waals surface area contributed by atoms with Gasteiger partial charge in [-0.1, -0.05) is 23.7 Å². The van der Waals surface area contributed by atoms with Crippen molar-refractivity contribution in [1.29, 1.82) is 0 Å². The summed E-state index contributed by atoms with van der Waals surface area (Å²) in [6, 6.07) is 7.03. The van der Waals surface area contributed by atoms with Gasteiger partial charge in [-0.15, -0.1) is 0 Å². The molecule has 3 N–H and O–H groups in total. The minimum absolute atomic E-state index is 0.151. The fraction of sp³-hybridized carbons (Fsp3) is 0.412. The molecule has 0 atom stereocenters. The number of aliphatic hydroxyl groups excluding tert-OH is 2. The van der Waals surface area contributed by atoms with Crippen LogP contribution < -0.4 is 5.32 Å². The fourth-order valence-electron chi connectivity index (χ4n) is 2.81. The van der Waals surface area contributed by atoms with Crippen molar-refractivity contribution in [3.05, 3.63) is 40.5 Å². The number of rotatable bonds is 5. The van der Waals surface area contributed by atoms with Crippen molar-refractivity contribution in [2.45, 2.75) is 31.7 Å². The van der Waals surface area contributed by atoms with Gasteiger partial charge in [0.15, 0.2) is 5.82 Å². The van der Waals surface area contributed by atoms with E-state index in [0.29, 0.717) is 16.7 Å². The second-order valence-corrected chi connectivity index (χ2v) is 6.18. The Hall–Kier alpha value is -1.69. The summed E-state index contributed by atoms with van der Waals surface area (Å²) in [4.78, 5) is 9.34. The molecular weight excluding hydrogens is 314 g/mol. The Kier molecular flexibility index (Phi) is 5.10. The highest BCUT2D eigenvalue weighted by Crippen LogP contribution is 2.29. The van der Waals surface area contributed by atoms with Crippen molar-refractivity contribution in [2.75, 3.05) is 18.5 Å². The molecule has 0 unspecified atom stereocenters. The van der Waals surface area contributed by atoms with Gasteiger partial charge in [-0.3, -0.25) is 0 Å². The standard InChI is InChI=1S/C17H20ClN3O2/c18-12-5-3-4-11(8-12)16-20-15-7-2-1-6-14(15)17(21-16)19-13(9-22)10-23/h3-5,8,13,22-23H,1-2,6-7,9-10H2,(H,19,20,21). The van der Waals surface area contributed by atoms with E-state index in [1.54, 1.807) is 0 Å². The summed E-state index contributed by atoms with van der Waals surface area (Å²) in [6.07, 6.45) is 4.05. The average Bonchev–Trinajstić information content (AvgIpc) is 2.59. The zero-order valence-corrected chi connectivity index (χ0v) is 13.6. The van der Waals surface area contributed by atoms with E-state index in [1.165, 1.54) is 0 Å². The number of anilines is 1. The third-order valence-corrected chi connectivity index (χ3v) is 4.28. The number of aryl methyl sites for hydroxylation is 1. The lowest BCUT2D eigenvalue weighted by atomic mass is 9.96. The summed E-state index contributed by atoms with van der Waals surface area (Å²) >= 11 is 6.07. The number of aromatic nitrogens is 2. The number of nitrogens with zero attached hydrogens (tertiary/aromatic N) is 2. The molecule has 1 aromatic carbocycles. The Morgan fingerprint density at radius 3 is 2.65 bits per heavy atom. The number of halogens is 1. The molecule has 1 heterocycles. The normalized spacial score (nSPS) is 13.9. The van der Waals surface area contributed by atoms with E-state index in [-0.39, 0.29) is 13.2 Å². The fourth-order valence-corrected chi connectivity index (χ4v) is 3.00. The summed E-state index contributed by atoms with van der Waals surface area (Å²) in [5.74, 6) is 1.32. The van der Waals surface area contributed by atoms with Crippen LogP contribution in [0.5, 0.6) is 0 Å². The van der Waals surface area contributed by atoms with Crippen LogP contribution in [-0.4, -0.2) is 39.4 Å². The molecule has 0 fully saturated rings. The smallest absolute Gasteiger partial charge is 0.161 e. The molecule has 0 bridgehead atoms. The first-order chi connectivity index (χ1) is 11.2. The van der Waals surface area contributed by atoms with E-state index in [0.717, 1.165) is 42.5 Å². The second kappa shape index (κ2) is 7.25. The van der Waals surface area contributed by atoms with Gasteiger partial charge in [-0.2, -0.15) is 0 Å². The monoisotopic (exact) mass is 333 g/mol. The van der Waals surface area contributed by atoms with Crippen LogP contribution in [0.4, 0.5) is 5.82 Å². The molecule has 0 amide bonds. The lowest BCUT2D eigenvalue weighted by Crippen LogP contribution is -2.29. The number of nitrogens with one attached hydrogen (secondary N) is 1. The van der Waals surface area contributed by atoms with Crippen LogP contribution >= 0.6 is 11.6 Å². The number of aliphatic hydroxyl groups is 2. The number of fused-ring (bicyclic) bond motifs is 1. The quantitative estimate of drug-likeness (QED) is 0.783. The lowest BCUT2D eigenvalue weighted by molar-refractivity contribution is 0.203. The molecule has 1 aromatic heterocycles. The largest absolute Gasteiger partial charge is 0.394 e. The first-order valence-electron chi connectivity index (χ1n) is 7.85. The predicted octanol–water partition coefficient (Wildman–Crippen LogP) is 2.44. The van der Waals surface area contributed by atoms with Gasteiger partial charge in [-0.25, -0.2) is 9.97 Å². The SMILES string of the molecule is OCC(CO)Nc1nc(-c2cccc(Cl)c2)nc2c1CCCC2. The van der Waals surface area contributed by atoms with Gasteiger partial charge in [-0.05, 0) is 37.8 Å². The van der Waals surface area contributed by atoms with Crippen molar-refractivity contribution in [2.24, 2.45) is 0 Å². The average molecular weight is 334 g/mol. The third-order valence-electron chi connectivity index (χ3n) is 4.05. The van der Waals surface area contributed by atoms with Gasteiger partial charge in [0.2, 0.25) is 0 Å². The van der Waals surface area contributed by atoms with E-state index >= 15 is 0 Å². The van der Waals surface area contributed by atoms with Crippen molar-refractivity contribution in [3.63, 3.8) is 0 Å². The van der Waals surface area contributed by atoms with Gasteiger partial charge < -0.3 is 15.5 Å². The summed E-state index contributed by atoms with van der Waals surface area (Å²) in [5, 5.41) is 22.4. The molecule has 5 nitrogen and oxygen atoms in total. The first-order valence-corrected chi connectivity index (χ1v) is 8.23. The zero-order valence-electron chi connectivity index (χ0n) is 12.8. The number of hydrogen-bond donors (Lipinski definition) is 3. The molecule has 122 valence electrons. The van der Waals surface area contributed by atoms with Crippen LogP contribution in [0, 0.1) is 0 Å². The van der Waals surface area contributed by atoms with E-state index < -0.39 is 6.04 Å². The maximum atomic E-state index is 9.33. The van der Waals surface area contributed by atoms with Crippen molar-refractivity contribution < 1.29 is 10.2 Å².